The number of esters is 1. The minimum Gasteiger partial charge on any atom is -0.464 e. The average Bonchev–Trinajstić information content (AvgIpc) is 3.09. The Bertz CT molecular complexity index is 1750. The molecule has 45 heavy (non-hydrogen) atoms. The molecule has 0 heterocycles. The summed E-state index contributed by atoms with van der Waals surface area (Å²) in [5.74, 6) is -0.531. The molecule has 0 aliphatic rings. The summed E-state index contributed by atoms with van der Waals surface area (Å²) in [6, 6.07) is 41.1. The molecule has 0 radical (unpaired) electrons. The maximum Gasteiger partial charge on any atom is 0.328 e. The van der Waals surface area contributed by atoms with Crippen molar-refractivity contribution >= 4 is 23.3 Å². The molecule has 6 nitrogen and oxygen atoms in total. The highest BCUT2D eigenvalue weighted by atomic mass is 16.5. The zero-order chi connectivity index (χ0) is 31.6. The fourth-order valence-electron chi connectivity index (χ4n) is 5.24. The van der Waals surface area contributed by atoms with Gasteiger partial charge >= 0.3 is 5.97 Å². The third-order valence-electron chi connectivity index (χ3n) is 7.55. The topological polar surface area (TPSA) is 75.7 Å². The van der Waals surface area contributed by atoms with E-state index in [0.717, 1.165) is 22.3 Å². The molecule has 0 aliphatic heterocycles. The second kappa shape index (κ2) is 14.8. The second-order valence-corrected chi connectivity index (χ2v) is 10.8. The van der Waals surface area contributed by atoms with Gasteiger partial charge in [-0.15, -0.1) is 0 Å². The molecule has 1 N–H and O–H groups in total. The lowest BCUT2D eigenvalue weighted by molar-refractivity contribution is -0.144. The Morgan fingerprint density at radius 2 is 1.33 bits per heavy atom. The number of benzene rings is 5. The number of carbonyl (C=O) groups excluding carboxylic acids is 3. The van der Waals surface area contributed by atoms with E-state index in [1.165, 1.54) is 0 Å². The predicted octanol–water partition coefficient (Wildman–Crippen LogP) is 7.44. The van der Waals surface area contributed by atoms with Crippen LogP contribution in [0.3, 0.4) is 0 Å². The molecule has 0 bridgehead atoms. The molecule has 5 aromatic carbocycles. The van der Waals surface area contributed by atoms with Crippen LogP contribution in [-0.4, -0.2) is 42.3 Å². The van der Waals surface area contributed by atoms with Crippen LogP contribution in [0.2, 0.25) is 0 Å². The smallest absolute Gasteiger partial charge is 0.328 e. The van der Waals surface area contributed by atoms with Gasteiger partial charge in [0, 0.05) is 42.4 Å². The van der Waals surface area contributed by atoms with Crippen LogP contribution in [0.1, 0.15) is 44.3 Å². The second-order valence-electron chi connectivity index (χ2n) is 10.8. The Hall–Kier alpha value is -5.49. The lowest BCUT2D eigenvalue weighted by atomic mass is 9.98. The van der Waals surface area contributed by atoms with E-state index in [1.54, 1.807) is 37.1 Å². The molecule has 5 aromatic rings. The lowest BCUT2D eigenvalue weighted by Crippen LogP contribution is -2.34. The fourth-order valence-corrected chi connectivity index (χ4v) is 5.24. The monoisotopic (exact) mass is 596 g/mol. The number of amides is 1. The summed E-state index contributed by atoms with van der Waals surface area (Å²) in [7, 11) is 1.81. The van der Waals surface area contributed by atoms with Gasteiger partial charge in [0.15, 0.2) is 5.78 Å². The van der Waals surface area contributed by atoms with Crippen LogP contribution in [0, 0.1) is 0 Å². The van der Waals surface area contributed by atoms with E-state index in [-0.39, 0.29) is 24.3 Å². The van der Waals surface area contributed by atoms with Crippen molar-refractivity contribution < 1.29 is 19.1 Å². The first kappa shape index (κ1) is 31.0. The Kier molecular flexibility index (Phi) is 10.2. The van der Waals surface area contributed by atoms with Gasteiger partial charge in [0.2, 0.25) is 0 Å². The number of anilines is 1. The molecular formula is C39H36N2O4. The zero-order valence-electron chi connectivity index (χ0n) is 25.5. The van der Waals surface area contributed by atoms with Crippen LogP contribution in [0.4, 0.5) is 5.69 Å². The zero-order valence-corrected chi connectivity index (χ0v) is 25.5. The van der Waals surface area contributed by atoms with Crippen molar-refractivity contribution in [1.29, 1.82) is 0 Å². The predicted molar refractivity (Wildman–Crippen MR) is 178 cm³/mol. The number of ether oxygens (including phenoxy) is 1. The van der Waals surface area contributed by atoms with Crippen molar-refractivity contribution in [3.8, 4) is 11.1 Å². The number of carbonyl (C=O) groups is 3. The molecular weight excluding hydrogens is 560 g/mol. The first-order valence-electron chi connectivity index (χ1n) is 15.0. The number of nitrogens with one attached hydrogen (secondary N) is 1. The number of nitrogens with zero attached hydrogens (tertiary/aromatic N) is 1. The van der Waals surface area contributed by atoms with E-state index in [9.17, 15) is 14.4 Å². The van der Waals surface area contributed by atoms with Gasteiger partial charge in [0.05, 0.1) is 6.61 Å². The Balaban J connectivity index is 1.30. The number of rotatable bonds is 12. The highest BCUT2D eigenvalue weighted by Crippen LogP contribution is 2.24. The van der Waals surface area contributed by atoms with Gasteiger partial charge in [0.1, 0.15) is 6.04 Å². The molecule has 0 unspecified atom stereocenters. The van der Waals surface area contributed by atoms with Crippen LogP contribution in [0.15, 0.2) is 133 Å². The normalized spacial score (nSPS) is 11.3. The Morgan fingerprint density at radius 1 is 0.689 bits per heavy atom. The number of hydrogen-bond donors (Lipinski definition) is 1. The summed E-state index contributed by atoms with van der Waals surface area (Å²) >= 11 is 0. The van der Waals surface area contributed by atoms with E-state index in [0.29, 0.717) is 35.3 Å². The number of para-hydroxylation sites is 1. The van der Waals surface area contributed by atoms with E-state index in [2.05, 4.69) is 11.4 Å². The highest BCUT2D eigenvalue weighted by molar-refractivity contribution is 6.12. The SMILES string of the molecule is CCOC(=O)[C@H](Cc1ccc(-c2cccc(CN(C)C(=O)c3ccccc3)c2)cc1)Nc1ccccc1C(=O)c1ccccc1. The summed E-state index contributed by atoms with van der Waals surface area (Å²) in [5.41, 5.74) is 6.34. The summed E-state index contributed by atoms with van der Waals surface area (Å²) in [4.78, 5) is 40.9. The van der Waals surface area contributed by atoms with Crippen molar-refractivity contribution in [3.05, 3.63) is 161 Å². The van der Waals surface area contributed by atoms with Gasteiger partial charge in [-0.1, -0.05) is 103 Å². The number of ketones is 1. The van der Waals surface area contributed by atoms with E-state index < -0.39 is 6.04 Å². The fraction of sp³-hybridized carbons (Fsp3) is 0.154. The van der Waals surface area contributed by atoms with E-state index in [1.807, 2.05) is 109 Å². The van der Waals surface area contributed by atoms with E-state index in [4.69, 9.17) is 4.74 Å². The van der Waals surface area contributed by atoms with Gasteiger partial charge in [-0.3, -0.25) is 9.59 Å². The molecule has 0 saturated carbocycles. The Labute approximate surface area is 264 Å². The van der Waals surface area contributed by atoms with Gasteiger partial charge in [-0.25, -0.2) is 4.79 Å². The molecule has 0 aromatic heterocycles. The summed E-state index contributed by atoms with van der Waals surface area (Å²) < 4.78 is 5.40. The Morgan fingerprint density at radius 3 is 2.02 bits per heavy atom. The van der Waals surface area contributed by atoms with Crippen molar-refractivity contribution in [1.82, 2.24) is 4.90 Å². The maximum absolute atomic E-state index is 13.3. The molecule has 6 heteroatoms. The molecule has 5 rings (SSSR count). The molecule has 1 amide bonds. The maximum atomic E-state index is 13.3. The average molecular weight is 597 g/mol. The summed E-state index contributed by atoms with van der Waals surface area (Å²) in [6.45, 7) is 2.52. The van der Waals surface area contributed by atoms with Crippen LogP contribution in [0.5, 0.6) is 0 Å². The molecule has 1 atom stereocenters. The minimum atomic E-state index is -0.693. The minimum absolute atomic E-state index is 0.0258. The highest BCUT2D eigenvalue weighted by Gasteiger charge is 2.23. The molecule has 226 valence electrons. The third kappa shape index (κ3) is 7.92. The largest absolute Gasteiger partial charge is 0.464 e. The van der Waals surface area contributed by atoms with Gasteiger partial charge in [0.25, 0.3) is 5.91 Å². The van der Waals surface area contributed by atoms with Gasteiger partial charge in [-0.05, 0) is 59.5 Å². The van der Waals surface area contributed by atoms with Gasteiger partial charge < -0.3 is 15.0 Å². The molecule has 0 fully saturated rings. The van der Waals surface area contributed by atoms with Gasteiger partial charge in [-0.2, -0.15) is 0 Å². The summed E-state index contributed by atoms with van der Waals surface area (Å²) in [6.07, 6.45) is 0.374. The first-order valence-corrected chi connectivity index (χ1v) is 15.0. The third-order valence-corrected chi connectivity index (χ3v) is 7.55. The quantitative estimate of drug-likeness (QED) is 0.120. The summed E-state index contributed by atoms with van der Waals surface area (Å²) in [5, 5.41) is 3.30. The lowest BCUT2D eigenvalue weighted by Gasteiger charge is -2.20. The van der Waals surface area contributed by atoms with Crippen molar-refractivity contribution in [2.24, 2.45) is 0 Å². The van der Waals surface area contributed by atoms with Crippen molar-refractivity contribution in [2.75, 3.05) is 19.0 Å². The van der Waals surface area contributed by atoms with Crippen LogP contribution in [-0.2, 0) is 22.5 Å². The van der Waals surface area contributed by atoms with Crippen LogP contribution in [0.25, 0.3) is 11.1 Å². The van der Waals surface area contributed by atoms with Crippen molar-refractivity contribution in [3.63, 3.8) is 0 Å². The molecule has 0 spiro atoms. The number of hydrogen-bond acceptors (Lipinski definition) is 5. The standard InChI is InChI=1S/C39H36N2O4/c1-3-45-39(44)36(40-35-20-11-10-19-34(35)37(42)31-14-6-4-7-15-31)26-28-21-23-30(24-22-28)33-18-12-13-29(25-33)27-41(2)38(43)32-16-8-5-9-17-32/h4-25,36,40H,3,26-27H2,1-2H3/t36-/m0/s1. The van der Waals surface area contributed by atoms with Crippen LogP contribution >= 0.6 is 0 Å². The van der Waals surface area contributed by atoms with Crippen LogP contribution < -0.4 is 5.32 Å². The van der Waals surface area contributed by atoms with E-state index >= 15 is 0 Å². The molecule has 0 saturated heterocycles. The molecule has 0 aliphatic carbocycles. The first-order chi connectivity index (χ1) is 21.9. The van der Waals surface area contributed by atoms with Crippen molar-refractivity contribution in [2.45, 2.75) is 25.9 Å².